The molecule has 3 atom stereocenters. The average molecular weight is 621 g/mol. The summed E-state index contributed by atoms with van der Waals surface area (Å²) in [6.45, 7) is 8.09. The lowest BCUT2D eigenvalue weighted by atomic mass is 9.99. The molecule has 0 unspecified atom stereocenters. The highest BCUT2D eigenvalue weighted by molar-refractivity contribution is 7.92. The smallest absolute Gasteiger partial charge is 0.267 e. The minimum absolute atomic E-state index is 0.0133. The Morgan fingerprint density at radius 1 is 1.12 bits per heavy atom. The largest absolute Gasteiger partial charge is 0.486 e. The molecule has 42 heavy (non-hydrogen) atoms. The third kappa shape index (κ3) is 6.16. The molecule has 0 fully saturated rings. The van der Waals surface area contributed by atoms with Crippen molar-refractivity contribution in [3.05, 3.63) is 65.0 Å². The van der Waals surface area contributed by atoms with E-state index in [2.05, 4.69) is 9.88 Å². The van der Waals surface area contributed by atoms with Gasteiger partial charge in [-0.1, -0.05) is 35.8 Å². The van der Waals surface area contributed by atoms with Crippen LogP contribution in [0.3, 0.4) is 0 Å². The van der Waals surface area contributed by atoms with Gasteiger partial charge in [0.25, 0.3) is 15.9 Å². The van der Waals surface area contributed by atoms with Gasteiger partial charge in [-0.05, 0) is 52.0 Å². The van der Waals surface area contributed by atoms with E-state index in [0.29, 0.717) is 0 Å². The maximum absolute atomic E-state index is 13.7. The number of carbonyl (C=O) groups excluding carboxylic acids is 1. The lowest BCUT2D eigenvalue weighted by Crippen LogP contribution is -2.50. The highest BCUT2D eigenvalue weighted by atomic mass is 32.2. The Hall–Kier alpha value is -3.46. The summed E-state index contributed by atoms with van der Waals surface area (Å²) in [4.78, 5) is 15.2. The van der Waals surface area contributed by atoms with Gasteiger partial charge >= 0.3 is 0 Å². The molecule has 0 saturated heterocycles. The van der Waals surface area contributed by atoms with Crippen molar-refractivity contribution in [2.75, 3.05) is 31.5 Å². The van der Waals surface area contributed by atoms with Crippen LogP contribution in [0.2, 0.25) is 0 Å². The van der Waals surface area contributed by atoms with Gasteiger partial charge in [0.05, 0.1) is 35.3 Å². The Labute approximate surface area is 246 Å². The first-order chi connectivity index (χ1) is 19.7. The average Bonchev–Trinajstić information content (AvgIpc) is 3.28. The number of nitrogens with zero attached hydrogens (tertiary/aromatic N) is 3. The van der Waals surface area contributed by atoms with E-state index in [4.69, 9.17) is 9.26 Å². The second-order valence-corrected chi connectivity index (χ2v) is 14.3. The number of aliphatic hydroxyl groups excluding tert-OH is 1. The molecule has 0 radical (unpaired) electrons. The highest BCUT2D eigenvalue weighted by Crippen LogP contribution is 2.37. The number of aromatic nitrogens is 1. The Morgan fingerprint density at radius 3 is 2.38 bits per heavy atom. The SMILES string of the molecule is Cc1ccc(S(=O)(=O)N(C)C[C@@H]2Oc3c(NS(=O)(=O)c4c(C)noc4C)cccc3C(=O)N([C@@H](C)CO)C[C@@H]2C)cc1. The predicted octanol–water partition coefficient (Wildman–Crippen LogP) is 2.94. The molecule has 2 aromatic carbocycles. The van der Waals surface area contributed by atoms with Crippen molar-refractivity contribution in [1.29, 1.82) is 0 Å². The Morgan fingerprint density at radius 2 is 1.79 bits per heavy atom. The molecule has 4 rings (SSSR count). The van der Waals surface area contributed by atoms with Crippen LogP contribution < -0.4 is 9.46 Å². The molecule has 3 aromatic rings. The molecular formula is C28H36N4O8S2. The molecule has 14 heteroatoms. The number of aryl methyl sites for hydroxylation is 3. The van der Waals surface area contributed by atoms with Crippen molar-refractivity contribution in [1.82, 2.24) is 14.4 Å². The van der Waals surface area contributed by atoms with E-state index in [9.17, 15) is 26.7 Å². The molecule has 1 aromatic heterocycles. The van der Waals surface area contributed by atoms with Gasteiger partial charge in [0.15, 0.2) is 16.4 Å². The van der Waals surface area contributed by atoms with Crippen molar-refractivity contribution in [2.45, 2.75) is 56.6 Å². The molecule has 0 spiro atoms. The number of carbonyl (C=O) groups is 1. The summed E-state index contributed by atoms with van der Waals surface area (Å²) in [7, 11) is -6.67. The summed E-state index contributed by atoms with van der Waals surface area (Å²) in [6, 6.07) is 10.4. The van der Waals surface area contributed by atoms with E-state index < -0.39 is 44.0 Å². The van der Waals surface area contributed by atoms with Crippen molar-refractivity contribution in [3.8, 4) is 5.75 Å². The second kappa shape index (κ2) is 12.0. The summed E-state index contributed by atoms with van der Waals surface area (Å²) in [6.07, 6.45) is -0.805. The van der Waals surface area contributed by atoms with Crippen LogP contribution in [0.1, 0.15) is 41.2 Å². The molecule has 0 aliphatic carbocycles. The monoisotopic (exact) mass is 620 g/mol. The summed E-state index contributed by atoms with van der Waals surface area (Å²) < 4.78 is 68.7. The van der Waals surface area contributed by atoms with E-state index in [-0.39, 0.29) is 57.9 Å². The number of likely N-dealkylation sites (N-methyl/N-ethyl adjacent to an activating group) is 1. The van der Waals surface area contributed by atoms with Gasteiger partial charge in [0, 0.05) is 19.5 Å². The first-order valence-electron chi connectivity index (χ1n) is 13.4. The van der Waals surface area contributed by atoms with Crippen LogP contribution in [-0.4, -0.2) is 81.1 Å². The van der Waals surface area contributed by atoms with E-state index in [1.165, 1.54) is 60.4 Å². The molecule has 1 aliphatic heterocycles. The number of para-hydroxylation sites is 1. The Balaban J connectivity index is 1.78. The molecule has 228 valence electrons. The van der Waals surface area contributed by atoms with Crippen LogP contribution in [-0.2, 0) is 20.0 Å². The van der Waals surface area contributed by atoms with E-state index in [1.807, 2.05) is 13.8 Å². The van der Waals surface area contributed by atoms with E-state index in [0.717, 1.165) is 5.56 Å². The van der Waals surface area contributed by atoms with Crippen molar-refractivity contribution < 1.29 is 36.0 Å². The van der Waals surface area contributed by atoms with Gasteiger partial charge in [-0.3, -0.25) is 9.52 Å². The maximum atomic E-state index is 13.7. The third-order valence-corrected chi connectivity index (χ3v) is 10.8. The number of aliphatic hydroxyl groups is 1. The molecule has 1 amide bonds. The van der Waals surface area contributed by atoms with Crippen molar-refractivity contribution in [3.63, 3.8) is 0 Å². The number of ether oxygens (including phenoxy) is 1. The normalized spacial score (nSPS) is 18.7. The number of fused-ring (bicyclic) bond motifs is 1. The zero-order chi connectivity index (χ0) is 31.0. The van der Waals surface area contributed by atoms with Gasteiger partial charge in [0.1, 0.15) is 11.8 Å². The fourth-order valence-electron chi connectivity index (χ4n) is 4.84. The number of rotatable bonds is 9. The number of nitrogens with one attached hydrogen (secondary N) is 1. The minimum atomic E-state index is -4.21. The van der Waals surface area contributed by atoms with Crippen LogP contribution in [0, 0.1) is 26.7 Å². The van der Waals surface area contributed by atoms with E-state index in [1.54, 1.807) is 19.1 Å². The zero-order valence-electron chi connectivity index (χ0n) is 24.4. The van der Waals surface area contributed by atoms with Gasteiger partial charge in [0.2, 0.25) is 10.0 Å². The fourth-order valence-corrected chi connectivity index (χ4v) is 7.41. The topological polar surface area (TPSA) is 159 Å². The number of hydrogen-bond donors (Lipinski definition) is 2. The van der Waals surface area contributed by atoms with Gasteiger partial charge in [-0.25, -0.2) is 16.8 Å². The second-order valence-electron chi connectivity index (χ2n) is 10.7. The van der Waals surface area contributed by atoms with Crippen LogP contribution in [0.4, 0.5) is 5.69 Å². The quantitative estimate of drug-likeness (QED) is 0.367. The van der Waals surface area contributed by atoms with Crippen molar-refractivity contribution in [2.24, 2.45) is 5.92 Å². The molecule has 0 bridgehead atoms. The first-order valence-corrected chi connectivity index (χ1v) is 16.3. The first kappa shape index (κ1) is 31.5. The van der Waals surface area contributed by atoms with Crippen LogP contribution in [0.25, 0.3) is 0 Å². The van der Waals surface area contributed by atoms with Gasteiger partial charge < -0.3 is 19.3 Å². The summed E-state index contributed by atoms with van der Waals surface area (Å²) in [5.41, 5.74) is 1.13. The van der Waals surface area contributed by atoms with Crippen LogP contribution in [0.5, 0.6) is 5.75 Å². The zero-order valence-corrected chi connectivity index (χ0v) is 26.0. The number of hydrogen-bond acceptors (Lipinski definition) is 9. The van der Waals surface area contributed by atoms with Crippen LogP contribution in [0.15, 0.2) is 56.8 Å². The number of anilines is 1. The molecular weight excluding hydrogens is 584 g/mol. The fraction of sp³-hybridized carbons (Fsp3) is 0.429. The predicted molar refractivity (Wildman–Crippen MR) is 155 cm³/mol. The standard InChI is InChI=1S/C28H36N4O8S2/c1-17-10-12-22(13-11-17)42(37,38)31(6)15-25-18(2)14-32(19(3)16-33)28(34)23-8-7-9-24(26(23)39-25)30-41(35,36)27-20(4)29-40-21(27)5/h7-13,18-19,25,30,33H,14-16H2,1-6H3/t18-,19-,25-/m0/s1. The summed E-state index contributed by atoms with van der Waals surface area (Å²) in [5.74, 6) is -0.839. The molecule has 2 N–H and O–H groups in total. The molecule has 12 nitrogen and oxygen atoms in total. The van der Waals surface area contributed by atoms with Gasteiger partial charge in [-0.15, -0.1) is 0 Å². The molecule has 2 heterocycles. The summed E-state index contributed by atoms with van der Waals surface area (Å²) in [5, 5.41) is 13.6. The lowest BCUT2D eigenvalue weighted by molar-refractivity contribution is 0.0389. The number of benzene rings is 2. The van der Waals surface area contributed by atoms with Crippen LogP contribution >= 0.6 is 0 Å². The highest BCUT2D eigenvalue weighted by Gasteiger charge is 2.37. The molecule has 1 aliphatic rings. The summed E-state index contributed by atoms with van der Waals surface area (Å²) >= 11 is 0. The third-order valence-electron chi connectivity index (χ3n) is 7.34. The maximum Gasteiger partial charge on any atom is 0.267 e. The molecule has 0 saturated carbocycles. The number of sulfonamides is 2. The van der Waals surface area contributed by atoms with E-state index >= 15 is 0 Å². The minimum Gasteiger partial charge on any atom is -0.486 e. The van der Waals surface area contributed by atoms with Crippen molar-refractivity contribution >= 4 is 31.6 Å². The number of amides is 1. The Bertz CT molecular complexity index is 1650. The lowest BCUT2D eigenvalue weighted by Gasteiger charge is -2.38. The Kier molecular flexibility index (Phi) is 9.02. The van der Waals surface area contributed by atoms with Gasteiger partial charge in [-0.2, -0.15) is 4.31 Å².